The van der Waals surface area contributed by atoms with Crippen molar-refractivity contribution in [2.24, 2.45) is 0 Å². The second-order valence-electron chi connectivity index (χ2n) is 6.99. The van der Waals surface area contributed by atoms with Crippen LogP contribution in [-0.2, 0) is 11.2 Å². The van der Waals surface area contributed by atoms with Crippen molar-refractivity contribution in [2.45, 2.75) is 38.6 Å². The zero-order valence-electron chi connectivity index (χ0n) is 14.6. The molecule has 3 heterocycles. The van der Waals surface area contributed by atoms with Crippen LogP contribution in [0, 0.1) is 6.92 Å². The molecule has 0 aliphatic carbocycles. The Morgan fingerprint density at radius 3 is 3.08 bits per heavy atom. The van der Waals surface area contributed by atoms with Crippen LogP contribution in [-0.4, -0.2) is 38.7 Å². The van der Waals surface area contributed by atoms with Gasteiger partial charge in [0, 0.05) is 42.8 Å². The molecule has 0 unspecified atom stereocenters. The van der Waals surface area contributed by atoms with Gasteiger partial charge in [-0.3, -0.25) is 9.48 Å². The normalized spacial score (nSPS) is 18.0. The van der Waals surface area contributed by atoms with Crippen LogP contribution >= 0.6 is 0 Å². The van der Waals surface area contributed by atoms with Gasteiger partial charge < -0.3 is 9.88 Å². The number of likely N-dealkylation sites (tertiary alicyclic amines) is 1. The molecule has 1 fully saturated rings. The van der Waals surface area contributed by atoms with E-state index in [4.69, 9.17) is 0 Å². The third-order valence-electron chi connectivity index (χ3n) is 5.14. The van der Waals surface area contributed by atoms with Gasteiger partial charge in [-0.15, -0.1) is 0 Å². The van der Waals surface area contributed by atoms with Crippen LogP contribution in [0.3, 0.4) is 0 Å². The minimum Gasteiger partial charge on any atom is -0.361 e. The van der Waals surface area contributed by atoms with E-state index < -0.39 is 0 Å². The molecule has 1 saturated heterocycles. The zero-order valence-corrected chi connectivity index (χ0v) is 14.6. The van der Waals surface area contributed by atoms with Crippen LogP contribution in [0.4, 0.5) is 0 Å². The predicted molar refractivity (Wildman–Crippen MR) is 98.4 cm³/mol. The summed E-state index contributed by atoms with van der Waals surface area (Å²) in [7, 11) is 0. The molecule has 2 aromatic heterocycles. The Morgan fingerprint density at radius 2 is 2.24 bits per heavy atom. The first-order chi connectivity index (χ1) is 12.2. The van der Waals surface area contributed by atoms with E-state index in [-0.39, 0.29) is 5.91 Å². The van der Waals surface area contributed by atoms with E-state index in [9.17, 15) is 4.79 Å². The van der Waals surface area contributed by atoms with E-state index >= 15 is 0 Å². The van der Waals surface area contributed by atoms with Gasteiger partial charge in [0.05, 0.1) is 12.2 Å². The number of carbonyl (C=O) groups is 1. The van der Waals surface area contributed by atoms with Crippen molar-refractivity contribution in [2.75, 3.05) is 13.1 Å². The van der Waals surface area contributed by atoms with Gasteiger partial charge in [0.1, 0.15) is 0 Å². The molecule has 0 bridgehead atoms. The highest BCUT2D eigenvalue weighted by atomic mass is 16.2. The van der Waals surface area contributed by atoms with E-state index in [1.54, 1.807) is 0 Å². The lowest BCUT2D eigenvalue weighted by molar-refractivity contribution is -0.132. The molecular weight excluding hydrogens is 312 g/mol. The molecule has 1 aliphatic heterocycles. The standard InChI is InChI=1S/C20H24N4O/c1-15-11-22-24(13-15)17-5-4-10-23(14-17)20(25)9-8-16-12-21-19-7-3-2-6-18(16)19/h2-3,6-7,11-13,17,21H,4-5,8-10,14H2,1H3/t17-/m1/s1. The van der Waals surface area contributed by atoms with Gasteiger partial charge >= 0.3 is 0 Å². The molecule has 1 aliphatic rings. The Morgan fingerprint density at radius 1 is 1.36 bits per heavy atom. The molecule has 1 amide bonds. The molecule has 5 nitrogen and oxygen atoms in total. The fourth-order valence-corrected chi connectivity index (χ4v) is 3.77. The molecule has 0 saturated carbocycles. The summed E-state index contributed by atoms with van der Waals surface area (Å²) >= 11 is 0. The number of fused-ring (bicyclic) bond motifs is 1. The highest BCUT2D eigenvalue weighted by Crippen LogP contribution is 2.23. The summed E-state index contributed by atoms with van der Waals surface area (Å²) in [4.78, 5) is 18.0. The predicted octanol–water partition coefficient (Wildman–Crippen LogP) is 3.47. The minimum absolute atomic E-state index is 0.249. The van der Waals surface area contributed by atoms with E-state index in [1.807, 2.05) is 34.1 Å². The number of piperidine rings is 1. The molecule has 25 heavy (non-hydrogen) atoms. The smallest absolute Gasteiger partial charge is 0.222 e. The quantitative estimate of drug-likeness (QED) is 0.793. The average molecular weight is 336 g/mol. The van der Waals surface area contributed by atoms with Gasteiger partial charge in [-0.1, -0.05) is 18.2 Å². The lowest BCUT2D eigenvalue weighted by Gasteiger charge is -2.33. The molecule has 4 rings (SSSR count). The van der Waals surface area contributed by atoms with E-state index in [2.05, 4.69) is 35.3 Å². The first-order valence-electron chi connectivity index (χ1n) is 9.04. The van der Waals surface area contributed by atoms with Crippen LogP contribution < -0.4 is 0 Å². The Hall–Kier alpha value is -2.56. The van der Waals surface area contributed by atoms with E-state index in [0.29, 0.717) is 12.5 Å². The second kappa shape index (κ2) is 6.75. The summed E-state index contributed by atoms with van der Waals surface area (Å²) in [6, 6.07) is 8.56. The molecule has 1 atom stereocenters. The Bertz CT molecular complexity index is 879. The number of aryl methyl sites for hydroxylation is 2. The zero-order chi connectivity index (χ0) is 17.2. The van der Waals surface area contributed by atoms with Gasteiger partial charge in [0.15, 0.2) is 0 Å². The third kappa shape index (κ3) is 3.31. The maximum Gasteiger partial charge on any atom is 0.222 e. The molecule has 1 aromatic carbocycles. The highest BCUT2D eigenvalue weighted by molar-refractivity contribution is 5.84. The largest absolute Gasteiger partial charge is 0.361 e. The summed E-state index contributed by atoms with van der Waals surface area (Å²) in [5.41, 5.74) is 3.53. The summed E-state index contributed by atoms with van der Waals surface area (Å²) < 4.78 is 2.02. The van der Waals surface area contributed by atoms with Crippen LogP contribution in [0.25, 0.3) is 10.9 Å². The number of amides is 1. The fraction of sp³-hybridized carbons (Fsp3) is 0.400. The van der Waals surface area contributed by atoms with Gasteiger partial charge in [-0.2, -0.15) is 5.10 Å². The SMILES string of the molecule is Cc1cnn([C@@H]2CCCN(C(=O)CCc3c[nH]c4ccccc34)C2)c1. The molecule has 1 N–H and O–H groups in total. The number of hydrogen-bond donors (Lipinski definition) is 1. The minimum atomic E-state index is 0.249. The van der Waals surface area contributed by atoms with Crippen molar-refractivity contribution < 1.29 is 4.79 Å². The van der Waals surface area contributed by atoms with Crippen molar-refractivity contribution in [3.05, 3.63) is 54.0 Å². The van der Waals surface area contributed by atoms with Crippen LogP contribution in [0.15, 0.2) is 42.9 Å². The van der Waals surface area contributed by atoms with Crippen molar-refractivity contribution >= 4 is 16.8 Å². The lowest BCUT2D eigenvalue weighted by atomic mass is 10.0. The Balaban J connectivity index is 1.39. The van der Waals surface area contributed by atoms with Crippen molar-refractivity contribution in [1.82, 2.24) is 19.7 Å². The number of nitrogens with zero attached hydrogens (tertiary/aromatic N) is 3. The number of rotatable bonds is 4. The van der Waals surface area contributed by atoms with Crippen LogP contribution in [0.2, 0.25) is 0 Å². The summed E-state index contributed by atoms with van der Waals surface area (Å²) in [6.07, 6.45) is 9.47. The number of aromatic amines is 1. The average Bonchev–Trinajstić information content (AvgIpc) is 3.26. The maximum absolute atomic E-state index is 12.7. The number of hydrogen-bond acceptors (Lipinski definition) is 2. The highest BCUT2D eigenvalue weighted by Gasteiger charge is 2.25. The lowest BCUT2D eigenvalue weighted by Crippen LogP contribution is -2.40. The fourth-order valence-electron chi connectivity index (χ4n) is 3.77. The van der Waals surface area contributed by atoms with E-state index in [1.165, 1.54) is 16.5 Å². The van der Waals surface area contributed by atoms with Gasteiger partial charge in [-0.05, 0) is 43.4 Å². The maximum atomic E-state index is 12.7. The number of aromatic nitrogens is 3. The topological polar surface area (TPSA) is 53.9 Å². The Kier molecular flexibility index (Phi) is 4.30. The van der Waals surface area contributed by atoms with Gasteiger partial charge in [0.25, 0.3) is 0 Å². The van der Waals surface area contributed by atoms with Crippen LogP contribution in [0.1, 0.15) is 36.4 Å². The molecule has 5 heteroatoms. The van der Waals surface area contributed by atoms with E-state index in [0.717, 1.165) is 37.9 Å². The number of para-hydroxylation sites is 1. The number of benzene rings is 1. The van der Waals surface area contributed by atoms with Crippen molar-refractivity contribution in [3.8, 4) is 0 Å². The summed E-state index contributed by atoms with van der Waals surface area (Å²) in [5, 5.41) is 5.65. The molecular formula is C20H24N4O. The van der Waals surface area contributed by atoms with Gasteiger partial charge in [0.2, 0.25) is 5.91 Å². The first kappa shape index (κ1) is 15.9. The first-order valence-corrected chi connectivity index (χ1v) is 9.04. The second-order valence-corrected chi connectivity index (χ2v) is 6.99. The number of H-pyrrole nitrogens is 1. The molecule has 0 radical (unpaired) electrons. The van der Waals surface area contributed by atoms with Crippen molar-refractivity contribution in [1.29, 1.82) is 0 Å². The van der Waals surface area contributed by atoms with Gasteiger partial charge in [-0.25, -0.2) is 0 Å². The molecule has 130 valence electrons. The Labute approximate surface area is 147 Å². The summed E-state index contributed by atoms with van der Waals surface area (Å²) in [5.74, 6) is 0.249. The summed E-state index contributed by atoms with van der Waals surface area (Å²) in [6.45, 7) is 3.69. The van der Waals surface area contributed by atoms with Crippen molar-refractivity contribution in [3.63, 3.8) is 0 Å². The molecule has 3 aromatic rings. The monoisotopic (exact) mass is 336 g/mol. The third-order valence-corrected chi connectivity index (χ3v) is 5.14. The van der Waals surface area contributed by atoms with Crippen LogP contribution in [0.5, 0.6) is 0 Å². The number of carbonyl (C=O) groups excluding carboxylic acids is 1. The number of nitrogens with one attached hydrogen (secondary N) is 1. The molecule has 0 spiro atoms.